The van der Waals surface area contributed by atoms with Crippen molar-refractivity contribution in [3.05, 3.63) is 47.1 Å². The van der Waals surface area contributed by atoms with E-state index in [2.05, 4.69) is 29.3 Å². The summed E-state index contributed by atoms with van der Waals surface area (Å²) in [4.78, 5) is 16.0. The SMILES string of the molecule is Cc1noc(CCNC(=O)c2ccc(C(C)C)cc2)n1. The molecule has 5 heteroatoms. The minimum Gasteiger partial charge on any atom is -0.352 e. The highest BCUT2D eigenvalue weighted by atomic mass is 16.5. The van der Waals surface area contributed by atoms with Gasteiger partial charge in [0.1, 0.15) is 0 Å². The largest absolute Gasteiger partial charge is 0.352 e. The van der Waals surface area contributed by atoms with E-state index in [0.29, 0.717) is 36.2 Å². The number of nitrogens with zero attached hydrogens (tertiary/aromatic N) is 2. The average Bonchev–Trinajstić information content (AvgIpc) is 2.84. The number of amides is 1. The molecule has 106 valence electrons. The molecule has 0 atom stereocenters. The summed E-state index contributed by atoms with van der Waals surface area (Å²) >= 11 is 0. The summed E-state index contributed by atoms with van der Waals surface area (Å²) in [5.41, 5.74) is 1.89. The lowest BCUT2D eigenvalue weighted by molar-refractivity contribution is 0.0953. The van der Waals surface area contributed by atoms with Gasteiger partial charge in [0, 0.05) is 18.5 Å². The molecule has 0 bridgehead atoms. The summed E-state index contributed by atoms with van der Waals surface area (Å²) in [7, 11) is 0. The monoisotopic (exact) mass is 273 g/mol. The van der Waals surface area contributed by atoms with Crippen molar-refractivity contribution in [2.45, 2.75) is 33.1 Å². The maximum absolute atomic E-state index is 11.9. The van der Waals surface area contributed by atoms with Gasteiger partial charge in [0.05, 0.1) is 0 Å². The van der Waals surface area contributed by atoms with Crippen LogP contribution in [0.1, 0.15) is 47.4 Å². The van der Waals surface area contributed by atoms with Gasteiger partial charge in [0.25, 0.3) is 5.91 Å². The lowest BCUT2D eigenvalue weighted by atomic mass is 10.0. The van der Waals surface area contributed by atoms with Gasteiger partial charge in [-0.25, -0.2) is 0 Å². The first-order chi connectivity index (χ1) is 9.56. The predicted molar refractivity (Wildman–Crippen MR) is 75.6 cm³/mol. The van der Waals surface area contributed by atoms with Crippen LogP contribution in [0.15, 0.2) is 28.8 Å². The summed E-state index contributed by atoms with van der Waals surface area (Å²) in [5, 5.41) is 6.54. The molecule has 0 fully saturated rings. The summed E-state index contributed by atoms with van der Waals surface area (Å²) in [6.45, 7) is 6.50. The molecule has 1 aromatic carbocycles. The van der Waals surface area contributed by atoms with Crippen LogP contribution in [0, 0.1) is 6.92 Å². The van der Waals surface area contributed by atoms with Gasteiger partial charge in [-0.05, 0) is 30.5 Å². The normalized spacial score (nSPS) is 10.8. The molecule has 0 saturated heterocycles. The molecule has 2 rings (SSSR count). The van der Waals surface area contributed by atoms with Crippen molar-refractivity contribution in [1.82, 2.24) is 15.5 Å². The fourth-order valence-corrected chi connectivity index (χ4v) is 1.85. The van der Waals surface area contributed by atoms with Gasteiger partial charge in [-0.15, -0.1) is 0 Å². The smallest absolute Gasteiger partial charge is 0.251 e. The first kappa shape index (κ1) is 14.2. The predicted octanol–water partition coefficient (Wildman–Crippen LogP) is 2.47. The molecule has 20 heavy (non-hydrogen) atoms. The molecule has 1 amide bonds. The number of rotatable bonds is 5. The molecular weight excluding hydrogens is 254 g/mol. The third-order valence-electron chi connectivity index (χ3n) is 3.03. The van der Waals surface area contributed by atoms with E-state index in [1.54, 1.807) is 6.92 Å². The topological polar surface area (TPSA) is 68.0 Å². The van der Waals surface area contributed by atoms with Crippen molar-refractivity contribution in [3.8, 4) is 0 Å². The highest BCUT2D eigenvalue weighted by molar-refractivity contribution is 5.94. The van der Waals surface area contributed by atoms with E-state index in [1.807, 2.05) is 24.3 Å². The Labute approximate surface area is 118 Å². The highest BCUT2D eigenvalue weighted by Gasteiger charge is 2.07. The molecule has 1 N–H and O–H groups in total. The summed E-state index contributed by atoms with van der Waals surface area (Å²) in [6, 6.07) is 7.67. The highest BCUT2D eigenvalue weighted by Crippen LogP contribution is 2.14. The lowest BCUT2D eigenvalue weighted by Crippen LogP contribution is -2.25. The fourth-order valence-electron chi connectivity index (χ4n) is 1.85. The molecule has 0 saturated carbocycles. The molecule has 1 aromatic heterocycles. The Morgan fingerprint density at radius 3 is 2.55 bits per heavy atom. The molecule has 0 aliphatic rings. The first-order valence-corrected chi connectivity index (χ1v) is 6.73. The fraction of sp³-hybridized carbons (Fsp3) is 0.400. The third-order valence-corrected chi connectivity index (χ3v) is 3.03. The van der Waals surface area contributed by atoms with E-state index in [0.717, 1.165) is 0 Å². The van der Waals surface area contributed by atoms with E-state index in [4.69, 9.17) is 4.52 Å². The van der Waals surface area contributed by atoms with Crippen molar-refractivity contribution in [3.63, 3.8) is 0 Å². The number of hydrogen-bond acceptors (Lipinski definition) is 4. The van der Waals surface area contributed by atoms with Gasteiger partial charge in [-0.2, -0.15) is 4.98 Å². The molecule has 5 nitrogen and oxygen atoms in total. The van der Waals surface area contributed by atoms with Gasteiger partial charge in [-0.1, -0.05) is 31.1 Å². The van der Waals surface area contributed by atoms with Crippen LogP contribution in [-0.4, -0.2) is 22.6 Å². The third kappa shape index (κ3) is 3.66. The number of nitrogens with one attached hydrogen (secondary N) is 1. The van der Waals surface area contributed by atoms with Gasteiger partial charge in [0.2, 0.25) is 5.89 Å². The molecule has 0 aliphatic heterocycles. The van der Waals surface area contributed by atoms with Crippen LogP contribution in [0.25, 0.3) is 0 Å². The number of benzene rings is 1. The number of carbonyl (C=O) groups excluding carboxylic acids is 1. The zero-order chi connectivity index (χ0) is 14.5. The quantitative estimate of drug-likeness (QED) is 0.908. The Hall–Kier alpha value is -2.17. The van der Waals surface area contributed by atoms with Crippen LogP contribution in [0.2, 0.25) is 0 Å². The molecule has 0 aliphatic carbocycles. The summed E-state index contributed by atoms with van der Waals surface area (Å²) in [6.07, 6.45) is 0.538. The second-order valence-electron chi connectivity index (χ2n) is 5.02. The van der Waals surface area contributed by atoms with Gasteiger partial charge in [-0.3, -0.25) is 4.79 Å². The van der Waals surface area contributed by atoms with E-state index in [-0.39, 0.29) is 5.91 Å². The number of hydrogen-bond donors (Lipinski definition) is 1. The van der Waals surface area contributed by atoms with Crippen molar-refractivity contribution in [2.75, 3.05) is 6.54 Å². The minimum atomic E-state index is -0.0865. The van der Waals surface area contributed by atoms with Crippen molar-refractivity contribution < 1.29 is 9.32 Å². The Balaban J connectivity index is 1.85. The molecule has 1 heterocycles. The number of aryl methyl sites for hydroxylation is 1. The summed E-state index contributed by atoms with van der Waals surface area (Å²) < 4.78 is 4.98. The van der Waals surface area contributed by atoms with Crippen molar-refractivity contribution >= 4 is 5.91 Å². The molecule has 0 spiro atoms. The number of aromatic nitrogens is 2. The molecule has 0 radical (unpaired) electrons. The minimum absolute atomic E-state index is 0.0865. The zero-order valence-electron chi connectivity index (χ0n) is 12.0. The second-order valence-corrected chi connectivity index (χ2v) is 5.02. The molecular formula is C15H19N3O2. The average molecular weight is 273 g/mol. The van der Waals surface area contributed by atoms with Crippen LogP contribution in [-0.2, 0) is 6.42 Å². The van der Waals surface area contributed by atoms with Gasteiger partial charge >= 0.3 is 0 Å². The lowest BCUT2D eigenvalue weighted by Gasteiger charge is -2.07. The molecule has 2 aromatic rings. The Bertz CT molecular complexity index is 573. The van der Waals surface area contributed by atoms with Crippen molar-refractivity contribution in [2.24, 2.45) is 0 Å². The maximum atomic E-state index is 11.9. The van der Waals surface area contributed by atoms with Gasteiger partial charge < -0.3 is 9.84 Å². The van der Waals surface area contributed by atoms with E-state index in [9.17, 15) is 4.79 Å². The Morgan fingerprint density at radius 2 is 2.00 bits per heavy atom. The van der Waals surface area contributed by atoms with Crippen LogP contribution in [0.3, 0.4) is 0 Å². The van der Waals surface area contributed by atoms with E-state index >= 15 is 0 Å². The zero-order valence-corrected chi connectivity index (χ0v) is 12.0. The standard InChI is InChI=1S/C15H19N3O2/c1-10(2)12-4-6-13(7-5-12)15(19)16-9-8-14-17-11(3)18-20-14/h4-7,10H,8-9H2,1-3H3,(H,16,19). The van der Waals surface area contributed by atoms with Crippen molar-refractivity contribution in [1.29, 1.82) is 0 Å². The summed E-state index contributed by atoms with van der Waals surface area (Å²) in [5.74, 6) is 1.53. The van der Waals surface area contributed by atoms with Crippen LogP contribution < -0.4 is 5.32 Å². The van der Waals surface area contributed by atoms with Crippen LogP contribution >= 0.6 is 0 Å². The van der Waals surface area contributed by atoms with Crippen LogP contribution in [0.4, 0.5) is 0 Å². The second kappa shape index (κ2) is 6.32. The van der Waals surface area contributed by atoms with E-state index < -0.39 is 0 Å². The Morgan fingerprint density at radius 1 is 1.30 bits per heavy atom. The Kier molecular flexibility index (Phi) is 4.50. The molecule has 0 unspecified atom stereocenters. The van der Waals surface area contributed by atoms with Crippen LogP contribution in [0.5, 0.6) is 0 Å². The maximum Gasteiger partial charge on any atom is 0.251 e. The number of carbonyl (C=O) groups is 1. The van der Waals surface area contributed by atoms with E-state index in [1.165, 1.54) is 5.56 Å². The van der Waals surface area contributed by atoms with Gasteiger partial charge in [0.15, 0.2) is 5.82 Å². The first-order valence-electron chi connectivity index (χ1n) is 6.73.